The van der Waals surface area contributed by atoms with Crippen LogP contribution in [0.1, 0.15) is 23.7 Å². The van der Waals surface area contributed by atoms with Crippen molar-refractivity contribution in [1.29, 1.82) is 0 Å². The highest BCUT2D eigenvalue weighted by Gasteiger charge is 2.29. The molecule has 5 heteroatoms. The lowest BCUT2D eigenvalue weighted by Gasteiger charge is -2.34. The second kappa shape index (κ2) is 5.37. The quantitative estimate of drug-likeness (QED) is 0.806. The number of halogens is 2. The Morgan fingerprint density at radius 2 is 2.22 bits per heavy atom. The SMILES string of the molecule is CC1CCN(C(=O)c2cc(Cl)ccc2O)CC1Cl. The van der Waals surface area contributed by atoms with Crippen LogP contribution in [0.2, 0.25) is 5.02 Å². The topological polar surface area (TPSA) is 40.5 Å². The molecule has 3 nitrogen and oxygen atoms in total. The monoisotopic (exact) mass is 287 g/mol. The van der Waals surface area contributed by atoms with E-state index in [-0.39, 0.29) is 22.6 Å². The molecule has 98 valence electrons. The zero-order valence-corrected chi connectivity index (χ0v) is 11.6. The van der Waals surface area contributed by atoms with Crippen molar-refractivity contribution in [1.82, 2.24) is 4.90 Å². The Hall–Kier alpha value is -0.930. The van der Waals surface area contributed by atoms with E-state index in [0.717, 1.165) is 6.42 Å². The molecule has 1 aliphatic heterocycles. The number of nitrogens with zero attached hydrogens (tertiary/aromatic N) is 1. The second-order valence-electron chi connectivity index (χ2n) is 4.69. The van der Waals surface area contributed by atoms with E-state index in [0.29, 0.717) is 24.0 Å². The molecule has 1 N–H and O–H groups in total. The molecule has 1 amide bonds. The predicted octanol–water partition coefficient (Wildman–Crippen LogP) is 3.14. The van der Waals surface area contributed by atoms with Gasteiger partial charge in [-0.05, 0) is 30.5 Å². The van der Waals surface area contributed by atoms with Gasteiger partial charge in [-0.15, -0.1) is 11.6 Å². The van der Waals surface area contributed by atoms with E-state index in [9.17, 15) is 9.90 Å². The van der Waals surface area contributed by atoms with E-state index in [1.165, 1.54) is 12.1 Å². The summed E-state index contributed by atoms with van der Waals surface area (Å²) in [5.74, 6) is 0.144. The Morgan fingerprint density at radius 3 is 2.89 bits per heavy atom. The lowest BCUT2D eigenvalue weighted by molar-refractivity contribution is 0.0698. The fourth-order valence-electron chi connectivity index (χ4n) is 2.06. The van der Waals surface area contributed by atoms with Crippen LogP contribution < -0.4 is 0 Å². The third-order valence-corrected chi connectivity index (χ3v) is 4.15. The highest BCUT2D eigenvalue weighted by Crippen LogP contribution is 2.27. The van der Waals surface area contributed by atoms with E-state index in [1.54, 1.807) is 11.0 Å². The Morgan fingerprint density at radius 1 is 1.50 bits per heavy atom. The van der Waals surface area contributed by atoms with E-state index in [4.69, 9.17) is 23.2 Å². The molecule has 0 radical (unpaired) electrons. The summed E-state index contributed by atoms with van der Waals surface area (Å²) in [4.78, 5) is 13.9. The smallest absolute Gasteiger partial charge is 0.257 e. The molecule has 1 aromatic carbocycles. The van der Waals surface area contributed by atoms with Crippen LogP contribution >= 0.6 is 23.2 Å². The lowest BCUT2D eigenvalue weighted by atomic mass is 9.98. The van der Waals surface area contributed by atoms with E-state index >= 15 is 0 Å². The molecule has 2 atom stereocenters. The maximum atomic E-state index is 12.3. The minimum Gasteiger partial charge on any atom is -0.507 e. The van der Waals surface area contributed by atoms with Gasteiger partial charge in [0.1, 0.15) is 5.75 Å². The van der Waals surface area contributed by atoms with Gasteiger partial charge in [0.05, 0.1) is 10.9 Å². The molecule has 2 rings (SSSR count). The maximum absolute atomic E-state index is 12.3. The number of benzene rings is 1. The molecule has 1 saturated heterocycles. The number of hydrogen-bond donors (Lipinski definition) is 1. The number of phenolic OH excluding ortho intramolecular Hbond substituents is 1. The van der Waals surface area contributed by atoms with Crippen molar-refractivity contribution < 1.29 is 9.90 Å². The van der Waals surface area contributed by atoms with Crippen molar-refractivity contribution in [2.24, 2.45) is 5.92 Å². The van der Waals surface area contributed by atoms with Gasteiger partial charge in [-0.1, -0.05) is 18.5 Å². The Bertz CT molecular complexity index is 464. The van der Waals surface area contributed by atoms with Crippen molar-refractivity contribution >= 4 is 29.1 Å². The molecule has 0 aliphatic carbocycles. The number of rotatable bonds is 1. The van der Waals surface area contributed by atoms with Crippen LogP contribution in [0.3, 0.4) is 0 Å². The van der Waals surface area contributed by atoms with Crippen molar-refractivity contribution in [2.75, 3.05) is 13.1 Å². The van der Waals surface area contributed by atoms with Gasteiger partial charge in [0.2, 0.25) is 0 Å². The number of carbonyl (C=O) groups is 1. The molecule has 1 aromatic rings. The summed E-state index contributed by atoms with van der Waals surface area (Å²) in [5, 5.41) is 10.1. The maximum Gasteiger partial charge on any atom is 0.257 e. The zero-order valence-electron chi connectivity index (χ0n) is 10.1. The largest absolute Gasteiger partial charge is 0.507 e. The molecule has 1 fully saturated rings. The first-order chi connectivity index (χ1) is 8.49. The summed E-state index contributed by atoms with van der Waals surface area (Å²) in [6.07, 6.45) is 0.876. The van der Waals surface area contributed by atoms with Crippen molar-refractivity contribution in [2.45, 2.75) is 18.7 Å². The molecule has 18 heavy (non-hydrogen) atoms. The fraction of sp³-hybridized carbons (Fsp3) is 0.462. The van der Waals surface area contributed by atoms with Gasteiger partial charge < -0.3 is 10.0 Å². The number of likely N-dealkylation sites (tertiary alicyclic amines) is 1. The molecular formula is C13H15Cl2NO2. The summed E-state index contributed by atoms with van der Waals surface area (Å²) in [6, 6.07) is 4.47. The van der Waals surface area contributed by atoms with Gasteiger partial charge in [0, 0.05) is 18.1 Å². The molecule has 0 saturated carbocycles. The summed E-state index contributed by atoms with van der Waals surface area (Å²) in [6.45, 7) is 3.25. The van der Waals surface area contributed by atoms with Crippen LogP contribution in [0.5, 0.6) is 5.75 Å². The molecule has 0 aromatic heterocycles. The van der Waals surface area contributed by atoms with Crippen molar-refractivity contribution in [3.63, 3.8) is 0 Å². The van der Waals surface area contributed by atoms with Gasteiger partial charge in [0.25, 0.3) is 5.91 Å². The number of hydrogen-bond acceptors (Lipinski definition) is 2. The average Bonchev–Trinajstić information content (AvgIpc) is 2.35. The minimum absolute atomic E-state index is 0.0379. The van der Waals surface area contributed by atoms with Gasteiger partial charge >= 0.3 is 0 Å². The summed E-state index contributed by atoms with van der Waals surface area (Å²) < 4.78 is 0. The predicted molar refractivity (Wildman–Crippen MR) is 72.4 cm³/mol. The number of piperidine rings is 1. The first-order valence-corrected chi connectivity index (χ1v) is 6.72. The van der Waals surface area contributed by atoms with Gasteiger partial charge in [0.15, 0.2) is 0 Å². The number of phenols is 1. The molecule has 2 unspecified atom stereocenters. The standard InChI is InChI=1S/C13H15Cl2NO2/c1-8-4-5-16(7-11(8)15)13(18)10-6-9(14)2-3-12(10)17/h2-3,6,8,11,17H,4-5,7H2,1H3. The van der Waals surface area contributed by atoms with Crippen LogP contribution in [0, 0.1) is 5.92 Å². The second-order valence-corrected chi connectivity index (χ2v) is 5.69. The number of carbonyl (C=O) groups excluding carboxylic acids is 1. The van der Waals surface area contributed by atoms with E-state index < -0.39 is 0 Å². The fourth-order valence-corrected chi connectivity index (χ4v) is 2.52. The first kappa shape index (κ1) is 13.5. The lowest BCUT2D eigenvalue weighted by Crippen LogP contribution is -2.43. The number of aromatic hydroxyl groups is 1. The minimum atomic E-state index is -0.215. The third kappa shape index (κ3) is 2.73. The molecule has 1 heterocycles. The number of alkyl halides is 1. The summed E-state index contributed by atoms with van der Waals surface area (Å²) in [7, 11) is 0. The van der Waals surface area contributed by atoms with Crippen molar-refractivity contribution in [3.05, 3.63) is 28.8 Å². The molecule has 0 spiro atoms. The molecular weight excluding hydrogens is 273 g/mol. The zero-order chi connectivity index (χ0) is 13.3. The van der Waals surface area contributed by atoms with Crippen molar-refractivity contribution in [3.8, 4) is 5.75 Å². The summed E-state index contributed by atoms with van der Waals surface area (Å²) in [5.41, 5.74) is 0.237. The summed E-state index contributed by atoms with van der Waals surface area (Å²) >= 11 is 12.0. The van der Waals surface area contributed by atoms with E-state index in [1.807, 2.05) is 0 Å². The highest BCUT2D eigenvalue weighted by molar-refractivity contribution is 6.31. The molecule has 1 aliphatic rings. The van der Waals surface area contributed by atoms with Crippen LogP contribution in [0.15, 0.2) is 18.2 Å². The normalized spacial score (nSPS) is 24.1. The first-order valence-electron chi connectivity index (χ1n) is 5.91. The average molecular weight is 288 g/mol. The van der Waals surface area contributed by atoms with Gasteiger partial charge in [-0.2, -0.15) is 0 Å². The third-order valence-electron chi connectivity index (χ3n) is 3.34. The highest BCUT2D eigenvalue weighted by atomic mass is 35.5. The van der Waals surface area contributed by atoms with Crippen LogP contribution in [0.25, 0.3) is 0 Å². The van der Waals surface area contributed by atoms with Gasteiger partial charge in [-0.3, -0.25) is 4.79 Å². The number of amides is 1. The van der Waals surface area contributed by atoms with Gasteiger partial charge in [-0.25, -0.2) is 0 Å². The van der Waals surface area contributed by atoms with Crippen LogP contribution in [-0.2, 0) is 0 Å². The van der Waals surface area contributed by atoms with Crippen LogP contribution in [-0.4, -0.2) is 34.4 Å². The van der Waals surface area contributed by atoms with E-state index in [2.05, 4.69) is 6.92 Å². The van der Waals surface area contributed by atoms with Crippen LogP contribution in [0.4, 0.5) is 0 Å². The Balaban J connectivity index is 2.19. The Labute approximate surface area is 116 Å². The Kier molecular flexibility index (Phi) is 4.03. The molecule has 0 bridgehead atoms.